The van der Waals surface area contributed by atoms with Crippen LogP contribution in [0, 0.1) is 0 Å². The molecular weight excluding hydrogens is 144 g/mol. The topological polar surface area (TPSA) is 72.6 Å². The fourth-order valence-corrected chi connectivity index (χ4v) is 0.555. The van der Waals surface area contributed by atoms with Crippen molar-refractivity contribution in [1.82, 2.24) is 10.6 Å². The second kappa shape index (κ2) is 5.81. The van der Waals surface area contributed by atoms with Crippen molar-refractivity contribution < 1.29 is 10.3 Å². The van der Waals surface area contributed by atoms with Crippen molar-refractivity contribution in [2.45, 2.75) is 0 Å². The summed E-state index contributed by atoms with van der Waals surface area (Å²) in [6.07, 6.45) is 0. The first-order valence-corrected chi connectivity index (χ1v) is 2.37. The van der Waals surface area contributed by atoms with Gasteiger partial charge in [0.1, 0.15) is 0 Å². The lowest BCUT2D eigenvalue weighted by atomic mass is 10.4. The molecule has 56 valence electrons. The third-order valence-corrected chi connectivity index (χ3v) is 0.910. The SMILES string of the molecule is Cl.O.O=C1CNCCN1. The minimum atomic E-state index is 0. The van der Waals surface area contributed by atoms with Crippen LogP contribution in [-0.4, -0.2) is 31.0 Å². The summed E-state index contributed by atoms with van der Waals surface area (Å²) in [7, 11) is 0. The first kappa shape index (κ1) is 11.5. The van der Waals surface area contributed by atoms with Crippen molar-refractivity contribution >= 4 is 18.3 Å². The molecule has 4 nitrogen and oxygen atoms in total. The van der Waals surface area contributed by atoms with Gasteiger partial charge >= 0.3 is 0 Å². The number of carbonyl (C=O) groups excluding carboxylic acids is 1. The molecule has 1 fully saturated rings. The number of carbonyl (C=O) groups is 1. The van der Waals surface area contributed by atoms with Crippen molar-refractivity contribution in [3.05, 3.63) is 0 Å². The maximum absolute atomic E-state index is 10.3. The number of hydrogen-bond donors (Lipinski definition) is 2. The Labute approximate surface area is 59.7 Å². The molecule has 0 aromatic rings. The number of piperazine rings is 1. The summed E-state index contributed by atoms with van der Waals surface area (Å²) in [5.74, 6) is 0.103. The van der Waals surface area contributed by atoms with Gasteiger partial charge in [0.05, 0.1) is 6.54 Å². The van der Waals surface area contributed by atoms with E-state index in [4.69, 9.17) is 0 Å². The number of amides is 1. The van der Waals surface area contributed by atoms with E-state index < -0.39 is 0 Å². The number of nitrogens with one attached hydrogen (secondary N) is 2. The molecule has 0 unspecified atom stereocenters. The maximum atomic E-state index is 10.3. The highest BCUT2D eigenvalue weighted by atomic mass is 35.5. The predicted molar refractivity (Wildman–Crippen MR) is 36.7 cm³/mol. The first-order valence-electron chi connectivity index (χ1n) is 2.37. The first-order chi connectivity index (χ1) is 3.39. The van der Waals surface area contributed by atoms with Crippen molar-refractivity contribution in [1.29, 1.82) is 0 Å². The Kier molecular flexibility index (Phi) is 7.41. The summed E-state index contributed by atoms with van der Waals surface area (Å²) < 4.78 is 0. The highest BCUT2D eigenvalue weighted by molar-refractivity contribution is 5.85. The van der Waals surface area contributed by atoms with E-state index in [1.165, 1.54) is 0 Å². The van der Waals surface area contributed by atoms with Gasteiger partial charge in [-0.25, -0.2) is 0 Å². The van der Waals surface area contributed by atoms with E-state index in [1.807, 2.05) is 0 Å². The van der Waals surface area contributed by atoms with Gasteiger partial charge in [-0.15, -0.1) is 12.4 Å². The molecule has 5 heteroatoms. The highest BCUT2D eigenvalue weighted by Crippen LogP contribution is 1.69. The van der Waals surface area contributed by atoms with Crippen LogP contribution in [0.5, 0.6) is 0 Å². The summed E-state index contributed by atoms with van der Waals surface area (Å²) in [6, 6.07) is 0. The van der Waals surface area contributed by atoms with Gasteiger partial charge in [-0.3, -0.25) is 4.79 Å². The van der Waals surface area contributed by atoms with E-state index in [0.29, 0.717) is 6.54 Å². The summed E-state index contributed by atoms with van der Waals surface area (Å²) in [5.41, 5.74) is 0. The Balaban J connectivity index is 0. The molecule has 4 N–H and O–H groups in total. The zero-order valence-electron chi connectivity index (χ0n) is 4.94. The molecule has 0 aromatic heterocycles. The van der Waals surface area contributed by atoms with Crippen LogP contribution in [0.3, 0.4) is 0 Å². The van der Waals surface area contributed by atoms with Crippen LogP contribution in [0.2, 0.25) is 0 Å². The Morgan fingerprint density at radius 3 is 2.22 bits per heavy atom. The third-order valence-electron chi connectivity index (χ3n) is 0.910. The van der Waals surface area contributed by atoms with Crippen LogP contribution >= 0.6 is 12.4 Å². The molecular formula is C4H11ClN2O2. The van der Waals surface area contributed by atoms with Crippen LogP contribution in [0.15, 0.2) is 0 Å². The normalized spacial score (nSPS) is 16.7. The third kappa shape index (κ3) is 4.20. The molecule has 0 bridgehead atoms. The summed E-state index contributed by atoms with van der Waals surface area (Å²) >= 11 is 0. The zero-order chi connectivity index (χ0) is 5.11. The molecule has 0 radical (unpaired) electrons. The average molecular weight is 155 g/mol. The summed E-state index contributed by atoms with van der Waals surface area (Å²) in [6.45, 7) is 2.17. The fraction of sp³-hybridized carbons (Fsp3) is 0.750. The van der Waals surface area contributed by atoms with E-state index in [-0.39, 0.29) is 23.8 Å². The van der Waals surface area contributed by atoms with Gasteiger partial charge < -0.3 is 16.1 Å². The molecule has 1 amide bonds. The molecule has 0 atom stereocenters. The minimum Gasteiger partial charge on any atom is -0.412 e. The number of rotatable bonds is 0. The van der Waals surface area contributed by atoms with Gasteiger partial charge in [0.15, 0.2) is 0 Å². The van der Waals surface area contributed by atoms with E-state index in [1.54, 1.807) is 0 Å². The Hall–Kier alpha value is -0.320. The molecule has 1 heterocycles. The monoisotopic (exact) mass is 154 g/mol. The van der Waals surface area contributed by atoms with Crippen LogP contribution in [0.25, 0.3) is 0 Å². The molecule has 1 saturated heterocycles. The average Bonchev–Trinajstić information content (AvgIpc) is 1.69. The van der Waals surface area contributed by atoms with Gasteiger partial charge in [0, 0.05) is 13.1 Å². The molecule has 9 heavy (non-hydrogen) atoms. The molecule has 1 aliphatic rings. The van der Waals surface area contributed by atoms with E-state index in [0.717, 1.165) is 13.1 Å². The Morgan fingerprint density at radius 2 is 2.00 bits per heavy atom. The van der Waals surface area contributed by atoms with Gasteiger partial charge in [0.2, 0.25) is 5.91 Å². The molecule has 0 aliphatic carbocycles. The molecule has 0 spiro atoms. The highest BCUT2D eigenvalue weighted by Gasteiger charge is 2.02. The number of halogens is 1. The molecule has 0 saturated carbocycles. The Bertz CT molecular complexity index is 80.6. The van der Waals surface area contributed by atoms with E-state index in [2.05, 4.69) is 10.6 Å². The van der Waals surface area contributed by atoms with Gasteiger partial charge in [-0.1, -0.05) is 0 Å². The second-order valence-corrected chi connectivity index (χ2v) is 1.53. The Morgan fingerprint density at radius 1 is 1.33 bits per heavy atom. The van der Waals surface area contributed by atoms with Crippen LogP contribution < -0.4 is 10.6 Å². The van der Waals surface area contributed by atoms with Crippen molar-refractivity contribution in [3.8, 4) is 0 Å². The van der Waals surface area contributed by atoms with Crippen molar-refractivity contribution in [2.24, 2.45) is 0 Å². The van der Waals surface area contributed by atoms with Crippen molar-refractivity contribution in [2.75, 3.05) is 19.6 Å². The lowest BCUT2D eigenvalue weighted by Gasteiger charge is -2.11. The fourth-order valence-electron chi connectivity index (χ4n) is 0.555. The lowest BCUT2D eigenvalue weighted by Crippen LogP contribution is -2.44. The van der Waals surface area contributed by atoms with Crippen LogP contribution in [0.1, 0.15) is 0 Å². The van der Waals surface area contributed by atoms with Crippen LogP contribution in [0.4, 0.5) is 0 Å². The van der Waals surface area contributed by atoms with Gasteiger partial charge in [0.25, 0.3) is 0 Å². The second-order valence-electron chi connectivity index (χ2n) is 1.53. The van der Waals surface area contributed by atoms with E-state index >= 15 is 0 Å². The van der Waals surface area contributed by atoms with Crippen molar-refractivity contribution in [3.63, 3.8) is 0 Å². The van der Waals surface area contributed by atoms with Gasteiger partial charge in [-0.2, -0.15) is 0 Å². The molecule has 0 aromatic carbocycles. The molecule has 1 aliphatic heterocycles. The number of hydrogen-bond acceptors (Lipinski definition) is 2. The minimum absolute atomic E-state index is 0. The zero-order valence-corrected chi connectivity index (χ0v) is 5.75. The van der Waals surface area contributed by atoms with Gasteiger partial charge in [-0.05, 0) is 0 Å². The summed E-state index contributed by atoms with van der Waals surface area (Å²) in [4.78, 5) is 10.3. The van der Waals surface area contributed by atoms with Crippen LogP contribution in [-0.2, 0) is 4.79 Å². The molecule has 1 rings (SSSR count). The van der Waals surface area contributed by atoms with E-state index in [9.17, 15) is 4.79 Å². The standard InChI is InChI=1S/C4H8N2O.ClH.H2O/c7-4-3-5-1-2-6-4;;/h5H,1-3H2,(H,6,7);1H;1H2. The maximum Gasteiger partial charge on any atom is 0.234 e. The lowest BCUT2D eigenvalue weighted by molar-refractivity contribution is -0.121. The quantitative estimate of drug-likeness (QED) is 0.437. The summed E-state index contributed by atoms with van der Waals surface area (Å²) in [5, 5.41) is 5.60. The largest absolute Gasteiger partial charge is 0.412 e. The smallest absolute Gasteiger partial charge is 0.234 e. The predicted octanol–water partition coefficient (Wildman–Crippen LogP) is -1.70.